The molecule has 0 aromatic rings. The quantitative estimate of drug-likeness (QED) is 0.740. The van der Waals surface area contributed by atoms with Gasteiger partial charge in [-0.1, -0.05) is 0 Å². The highest BCUT2D eigenvalue weighted by Gasteiger charge is 2.30. The molecule has 2 N–H and O–H groups in total. The zero-order valence-corrected chi connectivity index (χ0v) is 17.3. The fourth-order valence-electron chi connectivity index (χ4n) is 4.33. The van der Waals surface area contributed by atoms with Crippen molar-refractivity contribution < 1.29 is 9.59 Å². The lowest BCUT2D eigenvalue weighted by atomic mass is 9.85. The maximum atomic E-state index is 12.6. The third-order valence-corrected chi connectivity index (χ3v) is 6.95. The van der Waals surface area contributed by atoms with Crippen LogP contribution in [0, 0.1) is 11.8 Å². The molecule has 7 heteroatoms. The molecule has 2 amide bonds. The summed E-state index contributed by atoms with van der Waals surface area (Å²) in [5.74, 6) is 3.62. The molecule has 2 aliphatic heterocycles. The summed E-state index contributed by atoms with van der Waals surface area (Å²) >= 11 is 1.94. The second-order valence-corrected chi connectivity index (χ2v) is 9.01. The molecule has 0 aromatic carbocycles. The van der Waals surface area contributed by atoms with Crippen molar-refractivity contribution >= 4 is 36.0 Å². The molecule has 0 aromatic heterocycles. The van der Waals surface area contributed by atoms with Gasteiger partial charge in [0, 0.05) is 43.0 Å². The first-order chi connectivity index (χ1) is 12.2. The third kappa shape index (κ3) is 6.61. The van der Waals surface area contributed by atoms with Crippen molar-refractivity contribution in [2.75, 3.05) is 37.7 Å². The minimum Gasteiger partial charge on any atom is -0.353 e. The minimum atomic E-state index is 0. The van der Waals surface area contributed by atoms with Crippen LogP contribution in [0.2, 0.25) is 0 Å². The van der Waals surface area contributed by atoms with Crippen LogP contribution in [-0.4, -0.2) is 60.4 Å². The lowest BCUT2D eigenvalue weighted by molar-refractivity contribution is -0.136. The first kappa shape index (κ1) is 21.8. The molecule has 3 rings (SSSR count). The molecule has 0 radical (unpaired) electrons. The van der Waals surface area contributed by atoms with Gasteiger partial charge < -0.3 is 15.5 Å². The van der Waals surface area contributed by atoms with Crippen molar-refractivity contribution in [1.29, 1.82) is 0 Å². The Kier molecular flexibility index (Phi) is 9.57. The largest absolute Gasteiger partial charge is 0.353 e. The number of nitrogens with one attached hydrogen (secondary N) is 2. The van der Waals surface area contributed by atoms with E-state index in [1.807, 2.05) is 11.8 Å². The van der Waals surface area contributed by atoms with Gasteiger partial charge in [-0.25, -0.2) is 0 Å². The van der Waals surface area contributed by atoms with Crippen LogP contribution in [0.5, 0.6) is 0 Å². The molecule has 2 heterocycles. The number of hydrogen-bond donors (Lipinski definition) is 2. The van der Waals surface area contributed by atoms with E-state index in [1.54, 1.807) is 0 Å². The summed E-state index contributed by atoms with van der Waals surface area (Å²) in [6.45, 7) is 4.02. The summed E-state index contributed by atoms with van der Waals surface area (Å²) in [7, 11) is 0. The fraction of sp³-hybridized carbons (Fsp3) is 0.895. The average Bonchev–Trinajstić information content (AvgIpc) is 2.68. The van der Waals surface area contributed by atoms with E-state index < -0.39 is 0 Å². The van der Waals surface area contributed by atoms with Crippen LogP contribution in [-0.2, 0) is 9.59 Å². The Labute approximate surface area is 168 Å². The van der Waals surface area contributed by atoms with Gasteiger partial charge in [0.1, 0.15) is 0 Å². The number of thioether (sulfide) groups is 1. The Bertz CT molecular complexity index is 446. The van der Waals surface area contributed by atoms with Crippen molar-refractivity contribution in [3.05, 3.63) is 0 Å². The van der Waals surface area contributed by atoms with Crippen LogP contribution in [0.1, 0.15) is 51.4 Å². The van der Waals surface area contributed by atoms with Crippen molar-refractivity contribution in [3.8, 4) is 0 Å². The number of piperidine rings is 1. The number of rotatable bonds is 5. The van der Waals surface area contributed by atoms with E-state index in [9.17, 15) is 9.59 Å². The molecule has 150 valence electrons. The van der Waals surface area contributed by atoms with Gasteiger partial charge in [0.25, 0.3) is 0 Å². The second kappa shape index (κ2) is 11.4. The molecule has 3 aliphatic rings. The maximum absolute atomic E-state index is 12.6. The number of amides is 2. The molecule has 1 aliphatic carbocycles. The standard InChI is InChI=1S/C19H33N3O2S.ClH/c23-18(6-1-15-7-9-20-10-8-15)21-17-4-2-16(3-5-17)19(24)22-11-13-25-14-12-22;/h15-17,20H,1-14H2,(H,21,23);1H. The van der Waals surface area contributed by atoms with Gasteiger partial charge >= 0.3 is 0 Å². The summed E-state index contributed by atoms with van der Waals surface area (Å²) in [6.07, 6.45) is 7.87. The molecule has 26 heavy (non-hydrogen) atoms. The maximum Gasteiger partial charge on any atom is 0.225 e. The molecule has 0 unspecified atom stereocenters. The molecular weight excluding hydrogens is 370 g/mol. The van der Waals surface area contributed by atoms with E-state index in [2.05, 4.69) is 15.5 Å². The van der Waals surface area contributed by atoms with Gasteiger partial charge in [-0.15, -0.1) is 12.4 Å². The molecular formula is C19H34ClN3O2S. The van der Waals surface area contributed by atoms with Crippen LogP contribution in [0.3, 0.4) is 0 Å². The van der Waals surface area contributed by atoms with Gasteiger partial charge in [-0.2, -0.15) is 11.8 Å². The number of halogens is 1. The summed E-state index contributed by atoms with van der Waals surface area (Å²) in [5, 5.41) is 6.59. The van der Waals surface area contributed by atoms with E-state index in [0.29, 0.717) is 18.2 Å². The van der Waals surface area contributed by atoms with Gasteiger partial charge in [0.15, 0.2) is 0 Å². The summed E-state index contributed by atoms with van der Waals surface area (Å²) in [4.78, 5) is 26.9. The van der Waals surface area contributed by atoms with E-state index in [0.717, 1.165) is 69.8 Å². The summed E-state index contributed by atoms with van der Waals surface area (Å²) in [6, 6.07) is 0.279. The zero-order valence-electron chi connectivity index (χ0n) is 15.7. The smallest absolute Gasteiger partial charge is 0.225 e. The molecule has 0 spiro atoms. The Morgan fingerprint density at radius 1 is 1.00 bits per heavy atom. The van der Waals surface area contributed by atoms with Crippen molar-refractivity contribution in [2.24, 2.45) is 11.8 Å². The molecule has 5 nitrogen and oxygen atoms in total. The molecule has 1 saturated carbocycles. The molecule has 3 fully saturated rings. The van der Waals surface area contributed by atoms with Gasteiger partial charge in [0.2, 0.25) is 11.8 Å². The van der Waals surface area contributed by atoms with Crippen LogP contribution in [0.4, 0.5) is 0 Å². The summed E-state index contributed by atoms with van der Waals surface area (Å²) < 4.78 is 0. The number of nitrogens with zero attached hydrogens (tertiary/aromatic N) is 1. The van der Waals surface area contributed by atoms with Crippen molar-refractivity contribution in [2.45, 2.75) is 57.4 Å². The summed E-state index contributed by atoms with van der Waals surface area (Å²) in [5.41, 5.74) is 0. The second-order valence-electron chi connectivity index (χ2n) is 7.79. The topological polar surface area (TPSA) is 61.4 Å². The Balaban J connectivity index is 0.00000243. The van der Waals surface area contributed by atoms with Gasteiger partial charge in [0.05, 0.1) is 0 Å². The first-order valence-corrected chi connectivity index (χ1v) is 11.2. The molecule has 0 bridgehead atoms. The van der Waals surface area contributed by atoms with E-state index >= 15 is 0 Å². The lowest BCUT2D eigenvalue weighted by Crippen LogP contribution is -2.44. The highest BCUT2D eigenvalue weighted by molar-refractivity contribution is 7.99. The predicted molar refractivity (Wildman–Crippen MR) is 110 cm³/mol. The third-order valence-electron chi connectivity index (χ3n) is 6.00. The number of carbonyl (C=O) groups excluding carboxylic acids is 2. The van der Waals surface area contributed by atoms with E-state index in [1.165, 1.54) is 12.8 Å². The average molecular weight is 404 g/mol. The van der Waals surface area contributed by atoms with Crippen molar-refractivity contribution in [3.63, 3.8) is 0 Å². The van der Waals surface area contributed by atoms with Gasteiger partial charge in [-0.05, 0) is 64.0 Å². The Hall–Kier alpha value is -0.460. The Morgan fingerprint density at radius 2 is 1.65 bits per heavy atom. The highest BCUT2D eigenvalue weighted by Crippen LogP contribution is 2.27. The van der Waals surface area contributed by atoms with E-state index in [-0.39, 0.29) is 30.3 Å². The van der Waals surface area contributed by atoms with Crippen molar-refractivity contribution in [1.82, 2.24) is 15.5 Å². The van der Waals surface area contributed by atoms with Crippen LogP contribution < -0.4 is 10.6 Å². The number of hydrogen-bond acceptors (Lipinski definition) is 4. The van der Waals surface area contributed by atoms with E-state index in [4.69, 9.17) is 0 Å². The Morgan fingerprint density at radius 3 is 2.31 bits per heavy atom. The minimum absolute atomic E-state index is 0. The van der Waals surface area contributed by atoms with Crippen LogP contribution >= 0.6 is 24.2 Å². The normalized spacial score (nSPS) is 27.5. The van der Waals surface area contributed by atoms with Gasteiger partial charge in [-0.3, -0.25) is 9.59 Å². The monoisotopic (exact) mass is 403 g/mol. The fourth-order valence-corrected chi connectivity index (χ4v) is 5.24. The number of carbonyl (C=O) groups is 2. The molecule has 2 saturated heterocycles. The van der Waals surface area contributed by atoms with Crippen LogP contribution in [0.25, 0.3) is 0 Å². The highest BCUT2D eigenvalue weighted by atomic mass is 35.5. The SMILES string of the molecule is Cl.O=C(CCC1CCNCC1)NC1CCC(C(=O)N2CCSCC2)CC1. The zero-order chi connectivity index (χ0) is 17.5. The predicted octanol–water partition coefficient (Wildman–Crippen LogP) is 2.44. The van der Waals surface area contributed by atoms with Crippen LogP contribution in [0.15, 0.2) is 0 Å². The molecule has 0 atom stereocenters. The first-order valence-electron chi connectivity index (χ1n) is 10.1. The lowest BCUT2D eigenvalue weighted by Gasteiger charge is -2.34.